The van der Waals surface area contributed by atoms with Crippen molar-refractivity contribution in [2.75, 3.05) is 26.2 Å². The lowest BCUT2D eigenvalue weighted by molar-refractivity contribution is -0.137. The van der Waals surface area contributed by atoms with E-state index in [1.54, 1.807) is 6.07 Å². The van der Waals surface area contributed by atoms with E-state index >= 15 is 0 Å². The van der Waals surface area contributed by atoms with Crippen molar-refractivity contribution < 1.29 is 19.1 Å². The van der Waals surface area contributed by atoms with Crippen LogP contribution in [0.1, 0.15) is 55.5 Å². The number of carboxylic acid groups (broad SMARTS) is 1. The van der Waals surface area contributed by atoms with Gasteiger partial charge in [-0.3, -0.25) is 9.59 Å². The first kappa shape index (κ1) is 27.4. The molecule has 1 N–H and O–H groups in total. The van der Waals surface area contributed by atoms with E-state index in [9.17, 15) is 14.0 Å². The molecule has 1 aliphatic heterocycles. The Morgan fingerprint density at radius 3 is 2.58 bits per heavy atom. The zero-order valence-corrected chi connectivity index (χ0v) is 23.0. The lowest BCUT2D eigenvalue weighted by Crippen LogP contribution is -2.49. The van der Waals surface area contributed by atoms with Gasteiger partial charge in [0.05, 0.1) is 16.8 Å². The van der Waals surface area contributed by atoms with E-state index in [4.69, 9.17) is 10.1 Å². The average Bonchev–Trinajstić information content (AvgIpc) is 2.95. The first-order valence-electron chi connectivity index (χ1n) is 14.0. The summed E-state index contributed by atoms with van der Waals surface area (Å²) in [4.78, 5) is 33.7. The van der Waals surface area contributed by atoms with Gasteiger partial charge in [-0.25, -0.2) is 4.98 Å². The summed E-state index contributed by atoms with van der Waals surface area (Å²) in [6.07, 6.45) is 7.42. The molecule has 0 saturated carbocycles. The number of piperazine rings is 1. The van der Waals surface area contributed by atoms with Crippen molar-refractivity contribution in [3.8, 4) is 11.3 Å². The van der Waals surface area contributed by atoms with Crippen LogP contribution >= 0.6 is 0 Å². The highest BCUT2D eigenvalue weighted by Gasteiger charge is 2.27. The van der Waals surface area contributed by atoms with E-state index in [0.29, 0.717) is 55.1 Å². The summed E-state index contributed by atoms with van der Waals surface area (Å²) in [6, 6.07) is 15.9. The summed E-state index contributed by atoms with van der Waals surface area (Å²) in [6.45, 7) is 7.42. The number of unbranched alkanes of at least 4 members (excludes halogenated alkanes) is 1. The average molecular weight is 540 g/mol. The quantitative estimate of drug-likeness (QED) is 0.352. The number of aliphatic carboxylic acids is 1. The summed E-state index contributed by atoms with van der Waals surface area (Å²) >= 11 is 0. The topological polar surface area (TPSA) is 73.7 Å². The molecule has 2 heterocycles. The predicted molar refractivity (Wildman–Crippen MR) is 153 cm³/mol. The molecule has 40 heavy (non-hydrogen) atoms. The minimum absolute atomic E-state index is 0.0115. The van der Waals surface area contributed by atoms with E-state index in [-0.39, 0.29) is 12.3 Å². The number of aromatic nitrogens is 1. The number of pyridine rings is 1. The molecule has 3 aromatic rings. The van der Waals surface area contributed by atoms with Crippen LogP contribution in [0.5, 0.6) is 0 Å². The van der Waals surface area contributed by atoms with Gasteiger partial charge in [-0.05, 0) is 92.1 Å². The van der Waals surface area contributed by atoms with Gasteiger partial charge in [0.25, 0.3) is 5.91 Å². The maximum Gasteiger partial charge on any atom is 0.303 e. The Balaban J connectivity index is 1.36. The second kappa shape index (κ2) is 11.9. The van der Waals surface area contributed by atoms with Crippen molar-refractivity contribution in [2.24, 2.45) is 5.92 Å². The van der Waals surface area contributed by atoms with Gasteiger partial charge in [-0.15, -0.1) is 0 Å². The molecule has 0 spiro atoms. The molecular formula is C33H34FN3O3. The Morgan fingerprint density at radius 2 is 1.88 bits per heavy atom. The second-order valence-electron chi connectivity index (χ2n) is 10.7. The van der Waals surface area contributed by atoms with Crippen molar-refractivity contribution in [1.29, 1.82) is 0 Å². The molecule has 7 heteroatoms. The number of hydrogen-bond acceptors (Lipinski definition) is 4. The van der Waals surface area contributed by atoms with Crippen molar-refractivity contribution >= 4 is 22.8 Å². The highest BCUT2D eigenvalue weighted by molar-refractivity contribution is 5.98. The molecule has 1 fully saturated rings. The molecule has 2 aromatic carbocycles. The van der Waals surface area contributed by atoms with E-state index in [1.165, 1.54) is 17.3 Å². The fourth-order valence-electron chi connectivity index (χ4n) is 5.80. The van der Waals surface area contributed by atoms with Gasteiger partial charge in [0.1, 0.15) is 0 Å². The number of rotatable bonds is 8. The number of allylic oxidation sites excluding steroid dienone is 4. The number of fused-ring (bicyclic) bond motifs is 1. The van der Waals surface area contributed by atoms with Gasteiger partial charge in [0, 0.05) is 49.2 Å². The molecule has 1 atom stereocenters. The zero-order valence-electron chi connectivity index (χ0n) is 23.0. The molecule has 1 amide bonds. The minimum atomic E-state index is -0.820. The molecule has 1 saturated heterocycles. The van der Waals surface area contributed by atoms with Gasteiger partial charge < -0.3 is 14.9 Å². The summed E-state index contributed by atoms with van der Waals surface area (Å²) in [5.41, 5.74) is 6.27. The maximum absolute atomic E-state index is 13.5. The first-order valence-corrected chi connectivity index (χ1v) is 14.0. The number of benzene rings is 1. The Morgan fingerprint density at radius 1 is 1.07 bits per heavy atom. The van der Waals surface area contributed by atoms with Gasteiger partial charge in [0.15, 0.2) is 5.82 Å². The molecule has 0 bridgehead atoms. The summed E-state index contributed by atoms with van der Waals surface area (Å²) in [5.74, 6) is -0.806. The zero-order chi connectivity index (χ0) is 28.2. The lowest BCUT2D eigenvalue weighted by Gasteiger charge is -2.40. The molecule has 206 valence electrons. The molecule has 5 rings (SSSR count). The lowest BCUT2D eigenvalue weighted by atomic mass is 9.93. The molecule has 1 aliphatic carbocycles. The highest BCUT2D eigenvalue weighted by Crippen LogP contribution is 2.30. The Bertz CT molecular complexity index is 1470. The van der Waals surface area contributed by atoms with Crippen molar-refractivity contribution in [3.05, 3.63) is 88.9 Å². The fraction of sp³-hybridized carbons (Fsp3) is 0.364. The van der Waals surface area contributed by atoms with Crippen LogP contribution in [0, 0.1) is 23.9 Å². The van der Waals surface area contributed by atoms with Crippen LogP contribution < -0.4 is 0 Å². The van der Waals surface area contributed by atoms with Gasteiger partial charge in [-0.2, -0.15) is 4.39 Å². The van der Waals surface area contributed by atoms with Gasteiger partial charge in [0.2, 0.25) is 0 Å². The van der Waals surface area contributed by atoms with Crippen LogP contribution in [0.15, 0.2) is 59.8 Å². The van der Waals surface area contributed by atoms with Crippen molar-refractivity contribution in [1.82, 2.24) is 14.8 Å². The van der Waals surface area contributed by atoms with Crippen LogP contribution in [-0.4, -0.2) is 57.9 Å². The molecule has 6 nitrogen and oxygen atoms in total. The molecular weight excluding hydrogens is 505 g/mol. The number of carbonyl (C=O) groups excluding carboxylic acids is 1. The summed E-state index contributed by atoms with van der Waals surface area (Å²) in [5, 5.41) is 9.85. The minimum Gasteiger partial charge on any atom is -0.481 e. The number of amides is 1. The van der Waals surface area contributed by atoms with Crippen LogP contribution in [0.2, 0.25) is 0 Å². The van der Waals surface area contributed by atoms with Crippen LogP contribution in [-0.2, 0) is 11.2 Å². The highest BCUT2D eigenvalue weighted by atomic mass is 19.1. The maximum atomic E-state index is 13.5. The summed E-state index contributed by atoms with van der Waals surface area (Å²) < 4.78 is 13.5. The number of halogens is 1. The van der Waals surface area contributed by atoms with Crippen LogP contribution in [0.25, 0.3) is 22.2 Å². The number of carboxylic acids is 1. The second-order valence-corrected chi connectivity index (χ2v) is 10.7. The predicted octanol–water partition coefficient (Wildman–Crippen LogP) is 6.07. The monoisotopic (exact) mass is 539 g/mol. The molecule has 0 radical (unpaired) electrons. The standard InChI is InChI=1S/C33H34FN3O3/c1-22-6-5-7-23(2)32(22)36-16-18-37(19-17-36)33(40)26-12-15-29-27(21-26)20-25(8-3-4-9-30(38)39)31(35-29)24-10-13-28(34)14-11-24/h5-6,10,12-13,15,20-21,23H,3-4,7-9,16-19H2,1-2H3,(H,38,39). The Hall–Kier alpha value is -4.18. The molecule has 1 unspecified atom stereocenters. The van der Waals surface area contributed by atoms with Gasteiger partial charge >= 0.3 is 5.97 Å². The molecule has 2 aliphatic rings. The fourth-order valence-corrected chi connectivity index (χ4v) is 5.80. The van der Waals surface area contributed by atoms with Crippen LogP contribution in [0.3, 0.4) is 0 Å². The van der Waals surface area contributed by atoms with E-state index in [1.807, 2.05) is 29.2 Å². The number of carbonyl (C=O) groups is 2. The van der Waals surface area contributed by atoms with E-state index in [0.717, 1.165) is 36.0 Å². The largest absolute Gasteiger partial charge is 0.481 e. The van der Waals surface area contributed by atoms with E-state index in [2.05, 4.69) is 43.0 Å². The summed E-state index contributed by atoms with van der Waals surface area (Å²) in [7, 11) is 0. The first-order chi connectivity index (χ1) is 19.3. The third-order valence-electron chi connectivity index (χ3n) is 7.83. The normalized spacial score (nSPS) is 17.3. The van der Waals surface area contributed by atoms with E-state index < -0.39 is 11.8 Å². The third-order valence-corrected chi connectivity index (χ3v) is 7.83. The third kappa shape index (κ3) is 6.02. The Kier molecular flexibility index (Phi) is 8.16. The SMILES string of the molecule is CC1=C(N2CCN(C(=O)c3ccc4nc(-c5c#cc(F)cc5)c(CCCCC(=O)O)cc4c3)CC2)C(C)CC=C1. The van der Waals surface area contributed by atoms with Crippen molar-refractivity contribution in [3.63, 3.8) is 0 Å². The number of nitrogens with zero attached hydrogens (tertiary/aromatic N) is 3. The number of hydrogen-bond donors (Lipinski definition) is 1. The number of aryl methyl sites for hydroxylation is 1. The van der Waals surface area contributed by atoms with Gasteiger partial charge in [-0.1, -0.05) is 25.1 Å². The smallest absolute Gasteiger partial charge is 0.303 e. The Labute approximate surface area is 234 Å². The molecule has 1 aromatic heterocycles. The van der Waals surface area contributed by atoms with Crippen molar-refractivity contribution in [2.45, 2.75) is 46.0 Å². The van der Waals surface area contributed by atoms with Crippen LogP contribution in [0.4, 0.5) is 4.39 Å².